The highest BCUT2D eigenvalue weighted by Crippen LogP contribution is 2.25. The second-order valence-corrected chi connectivity index (χ2v) is 4.17. The summed E-state index contributed by atoms with van der Waals surface area (Å²) < 4.78 is 4.62. The molecule has 1 N–H and O–H groups in total. The minimum Gasteiger partial charge on any atom is -0.478 e. The van der Waals surface area contributed by atoms with Gasteiger partial charge in [-0.25, -0.2) is 9.59 Å². The number of aromatic carboxylic acids is 1. The van der Waals surface area contributed by atoms with Crippen LogP contribution in [0.15, 0.2) is 12.1 Å². The van der Waals surface area contributed by atoms with Crippen molar-refractivity contribution in [3.05, 3.63) is 34.4 Å². The molecule has 17 heavy (non-hydrogen) atoms. The predicted octanol–water partition coefficient (Wildman–Crippen LogP) is 2.05. The summed E-state index contributed by atoms with van der Waals surface area (Å²) in [7, 11) is 1.26. The molecule has 0 bridgehead atoms. The zero-order valence-corrected chi connectivity index (χ0v) is 9.66. The lowest BCUT2D eigenvalue weighted by molar-refractivity contribution is 0.0582. The number of carbonyl (C=O) groups excluding carboxylic acids is 1. The van der Waals surface area contributed by atoms with E-state index in [4.69, 9.17) is 5.11 Å². The van der Waals surface area contributed by atoms with E-state index >= 15 is 0 Å². The quantitative estimate of drug-likeness (QED) is 0.795. The van der Waals surface area contributed by atoms with Crippen molar-refractivity contribution in [3.63, 3.8) is 0 Å². The van der Waals surface area contributed by atoms with Crippen LogP contribution in [-0.4, -0.2) is 24.2 Å². The molecule has 0 aromatic heterocycles. The number of esters is 1. The molecule has 4 nitrogen and oxygen atoms in total. The normalized spacial score (nSPS) is 13.9. The summed E-state index contributed by atoms with van der Waals surface area (Å²) in [5.41, 5.74) is 2.31. The van der Waals surface area contributed by atoms with Gasteiger partial charge in [-0.05, 0) is 48.9 Å². The number of benzene rings is 1. The third kappa shape index (κ3) is 2.16. The number of hydrogen-bond donors (Lipinski definition) is 1. The molecular formula is C13H14O4. The van der Waals surface area contributed by atoms with Crippen LogP contribution in [0.2, 0.25) is 0 Å². The number of ether oxygens (including phenoxy) is 1. The highest BCUT2D eigenvalue weighted by Gasteiger charge is 2.21. The number of aryl methyl sites for hydroxylation is 2. The summed E-state index contributed by atoms with van der Waals surface area (Å²) in [6.07, 6.45) is 3.94. The molecule has 0 heterocycles. The van der Waals surface area contributed by atoms with Gasteiger partial charge in [0.1, 0.15) is 0 Å². The van der Waals surface area contributed by atoms with Gasteiger partial charge in [-0.15, -0.1) is 0 Å². The lowest BCUT2D eigenvalue weighted by Crippen LogP contribution is -2.14. The minimum atomic E-state index is -1.08. The molecule has 2 rings (SSSR count). The lowest BCUT2D eigenvalue weighted by atomic mass is 9.88. The van der Waals surface area contributed by atoms with Crippen LogP contribution in [0.3, 0.4) is 0 Å². The molecule has 0 unspecified atom stereocenters. The van der Waals surface area contributed by atoms with E-state index < -0.39 is 11.9 Å². The van der Waals surface area contributed by atoms with Gasteiger partial charge in [-0.1, -0.05) is 0 Å². The summed E-state index contributed by atoms with van der Waals surface area (Å²) in [6, 6.07) is 3.28. The van der Waals surface area contributed by atoms with Crippen molar-refractivity contribution in [2.45, 2.75) is 25.7 Å². The maximum absolute atomic E-state index is 11.5. The fraction of sp³-hybridized carbons (Fsp3) is 0.385. The van der Waals surface area contributed by atoms with Gasteiger partial charge in [-0.2, -0.15) is 0 Å². The minimum absolute atomic E-state index is 0.0394. The van der Waals surface area contributed by atoms with Crippen molar-refractivity contribution in [1.82, 2.24) is 0 Å². The molecule has 0 saturated carbocycles. The first-order chi connectivity index (χ1) is 8.13. The van der Waals surface area contributed by atoms with E-state index in [1.165, 1.54) is 7.11 Å². The lowest BCUT2D eigenvalue weighted by Gasteiger charge is -2.17. The van der Waals surface area contributed by atoms with Gasteiger partial charge in [0, 0.05) is 0 Å². The average molecular weight is 234 g/mol. The van der Waals surface area contributed by atoms with Crippen LogP contribution in [0.25, 0.3) is 0 Å². The number of methoxy groups -OCH3 is 1. The second kappa shape index (κ2) is 4.57. The Hall–Kier alpha value is -1.84. The Morgan fingerprint density at radius 2 is 1.65 bits per heavy atom. The van der Waals surface area contributed by atoms with Crippen LogP contribution < -0.4 is 0 Å². The molecule has 0 spiro atoms. The number of carboxylic acids is 1. The maximum Gasteiger partial charge on any atom is 0.338 e. The molecule has 0 atom stereocenters. The predicted molar refractivity (Wildman–Crippen MR) is 61.4 cm³/mol. The maximum atomic E-state index is 11.5. The molecule has 90 valence electrons. The van der Waals surface area contributed by atoms with E-state index in [-0.39, 0.29) is 11.1 Å². The smallest absolute Gasteiger partial charge is 0.338 e. The first-order valence-corrected chi connectivity index (χ1v) is 5.61. The Morgan fingerprint density at radius 3 is 2.12 bits per heavy atom. The first kappa shape index (κ1) is 11.6. The molecule has 0 radical (unpaired) electrons. The van der Waals surface area contributed by atoms with E-state index in [2.05, 4.69) is 4.74 Å². The zero-order chi connectivity index (χ0) is 12.4. The third-order valence-corrected chi connectivity index (χ3v) is 3.12. The molecule has 0 amide bonds. The molecule has 4 heteroatoms. The van der Waals surface area contributed by atoms with Gasteiger partial charge < -0.3 is 9.84 Å². The summed E-state index contributed by atoms with van der Waals surface area (Å²) >= 11 is 0. The van der Waals surface area contributed by atoms with Crippen LogP contribution in [0.5, 0.6) is 0 Å². The van der Waals surface area contributed by atoms with Crippen molar-refractivity contribution in [1.29, 1.82) is 0 Å². The van der Waals surface area contributed by atoms with Crippen LogP contribution in [0.1, 0.15) is 44.7 Å². The van der Waals surface area contributed by atoms with Crippen molar-refractivity contribution in [2.24, 2.45) is 0 Å². The highest BCUT2D eigenvalue weighted by molar-refractivity contribution is 6.02. The van der Waals surface area contributed by atoms with E-state index in [0.717, 1.165) is 36.8 Å². The SMILES string of the molecule is COC(=O)c1cc2c(cc1C(=O)O)CCCC2. The number of fused-ring (bicyclic) bond motifs is 1. The summed E-state index contributed by atoms with van der Waals surface area (Å²) in [4.78, 5) is 22.7. The number of hydrogen-bond acceptors (Lipinski definition) is 3. The fourth-order valence-electron chi connectivity index (χ4n) is 2.24. The summed E-state index contributed by atoms with van der Waals surface area (Å²) in [5.74, 6) is -1.67. The van der Waals surface area contributed by atoms with Gasteiger partial charge in [0.2, 0.25) is 0 Å². The van der Waals surface area contributed by atoms with Gasteiger partial charge in [-0.3, -0.25) is 0 Å². The van der Waals surface area contributed by atoms with Gasteiger partial charge in [0.25, 0.3) is 0 Å². The molecule has 1 aliphatic carbocycles. The van der Waals surface area contributed by atoms with Crippen molar-refractivity contribution in [2.75, 3.05) is 7.11 Å². The molecule has 1 aliphatic rings. The van der Waals surface area contributed by atoms with Crippen LogP contribution >= 0.6 is 0 Å². The molecule has 0 saturated heterocycles. The molecule has 1 aromatic rings. The zero-order valence-electron chi connectivity index (χ0n) is 9.66. The van der Waals surface area contributed by atoms with Gasteiger partial charge in [0.05, 0.1) is 18.2 Å². The summed E-state index contributed by atoms with van der Waals surface area (Å²) in [6.45, 7) is 0. The van der Waals surface area contributed by atoms with Crippen LogP contribution in [-0.2, 0) is 17.6 Å². The fourth-order valence-corrected chi connectivity index (χ4v) is 2.24. The second-order valence-electron chi connectivity index (χ2n) is 4.17. The van der Waals surface area contributed by atoms with E-state index in [1.54, 1.807) is 12.1 Å². The topological polar surface area (TPSA) is 63.6 Å². The van der Waals surface area contributed by atoms with Gasteiger partial charge >= 0.3 is 11.9 Å². The molecule has 0 fully saturated rings. The number of rotatable bonds is 2. The van der Waals surface area contributed by atoms with E-state index in [9.17, 15) is 9.59 Å². The Bertz CT molecular complexity index is 477. The van der Waals surface area contributed by atoms with Crippen molar-refractivity contribution in [3.8, 4) is 0 Å². The Balaban J connectivity index is 2.55. The Labute approximate surface area is 99.2 Å². The van der Waals surface area contributed by atoms with Crippen LogP contribution in [0.4, 0.5) is 0 Å². The monoisotopic (exact) mass is 234 g/mol. The Kier molecular flexibility index (Phi) is 3.13. The van der Waals surface area contributed by atoms with E-state index in [0.29, 0.717) is 0 Å². The van der Waals surface area contributed by atoms with Gasteiger partial charge in [0.15, 0.2) is 0 Å². The number of carboxylic acid groups (broad SMARTS) is 1. The standard InChI is InChI=1S/C13H14O4/c1-17-13(16)11-7-9-5-3-2-4-8(9)6-10(11)12(14)15/h6-7H,2-5H2,1H3,(H,14,15). The van der Waals surface area contributed by atoms with Crippen molar-refractivity contribution < 1.29 is 19.4 Å². The summed E-state index contributed by atoms with van der Waals surface area (Å²) in [5, 5.41) is 9.10. The van der Waals surface area contributed by atoms with E-state index in [1.807, 2.05) is 0 Å². The molecule has 0 aliphatic heterocycles. The average Bonchev–Trinajstić information content (AvgIpc) is 2.36. The van der Waals surface area contributed by atoms with Crippen LogP contribution in [0, 0.1) is 0 Å². The number of carbonyl (C=O) groups is 2. The largest absolute Gasteiger partial charge is 0.478 e. The first-order valence-electron chi connectivity index (χ1n) is 5.61. The highest BCUT2D eigenvalue weighted by atomic mass is 16.5. The molecular weight excluding hydrogens is 220 g/mol. The molecule has 1 aromatic carbocycles. The third-order valence-electron chi connectivity index (χ3n) is 3.12. The van der Waals surface area contributed by atoms with Crippen molar-refractivity contribution >= 4 is 11.9 Å². The Morgan fingerprint density at radius 1 is 1.12 bits per heavy atom.